The van der Waals surface area contributed by atoms with E-state index < -0.39 is 0 Å². The van der Waals surface area contributed by atoms with Gasteiger partial charge in [0.05, 0.1) is 10.7 Å². The molecule has 0 atom stereocenters. The van der Waals surface area contributed by atoms with E-state index in [-0.39, 0.29) is 0 Å². The van der Waals surface area contributed by atoms with Crippen molar-refractivity contribution in [3.05, 3.63) is 38.0 Å². The van der Waals surface area contributed by atoms with Gasteiger partial charge in [-0.15, -0.1) is 22.7 Å². The van der Waals surface area contributed by atoms with Crippen LogP contribution in [-0.2, 0) is 19.3 Å². The molecule has 0 aliphatic heterocycles. The maximum Gasteiger partial charge on any atom is 0.0897 e. The summed E-state index contributed by atoms with van der Waals surface area (Å²) in [6, 6.07) is 4.41. The van der Waals surface area contributed by atoms with E-state index in [0.29, 0.717) is 0 Å². The second-order valence-electron chi connectivity index (χ2n) is 3.76. The minimum atomic E-state index is 0.741. The van der Waals surface area contributed by atoms with Gasteiger partial charge in [0, 0.05) is 15.1 Å². The van der Waals surface area contributed by atoms with Gasteiger partial charge in [0.2, 0.25) is 0 Å². The van der Waals surface area contributed by atoms with Crippen LogP contribution in [0.3, 0.4) is 0 Å². The largest absolute Gasteiger partial charge is 0.330 e. The Morgan fingerprint density at radius 2 is 1.94 bits per heavy atom. The molecule has 0 bridgehead atoms. The van der Waals surface area contributed by atoms with Crippen LogP contribution in [0.5, 0.6) is 0 Å². The van der Waals surface area contributed by atoms with Gasteiger partial charge in [-0.1, -0.05) is 0 Å². The zero-order valence-corrected chi connectivity index (χ0v) is 11.0. The van der Waals surface area contributed by atoms with Crippen molar-refractivity contribution in [2.75, 3.05) is 6.54 Å². The molecule has 2 nitrogen and oxygen atoms in total. The molecule has 0 amide bonds. The molecule has 0 spiro atoms. The van der Waals surface area contributed by atoms with Gasteiger partial charge in [-0.3, -0.25) is 0 Å². The van der Waals surface area contributed by atoms with Crippen molar-refractivity contribution < 1.29 is 0 Å². The molecule has 0 saturated heterocycles. The molecule has 0 fully saturated rings. The highest BCUT2D eigenvalue weighted by molar-refractivity contribution is 7.12. The van der Waals surface area contributed by atoms with Crippen LogP contribution in [0.4, 0.5) is 0 Å². The number of rotatable bonds is 5. The number of aromatic nitrogens is 1. The molecule has 2 rings (SSSR count). The minimum Gasteiger partial charge on any atom is -0.330 e. The van der Waals surface area contributed by atoms with E-state index in [0.717, 1.165) is 30.8 Å². The van der Waals surface area contributed by atoms with E-state index in [1.165, 1.54) is 15.4 Å². The fraction of sp³-hybridized carbons (Fsp3) is 0.417. The second kappa shape index (κ2) is 5.57. The number of nitrogens with zero attached hydrogens (tertiary/aromatic N) is 1. The van der Waals surface area contributed by atoms with Crippen molar-refractivity contribution in [2.45, 2.75) is 26.2 Å². The lowest BCUT2D eigenvalue weighted by Gasteiger charge is -1.94. The smallest absolute Gasteiger partial charge is 0.0897 e. The molecule has 2 N–H and O–H groups in total. The lowest BCUT2D eigenvalue weighted by atomic mass is 10.2. The van der Waals surface area contributed by atoms with Gasteiger partial charge < -0.3 is 5.73 Å². The van der Waals surface area contributed by atoms with Crippen molar-refractivity contribution >= 4 is 22.7 Å². The first kappa shape index (κ1) is 11.8. The fourth-order valence-corrected chi connectivity index (χ4v) is 3.29. The number of hydrogen-bond acceptors (Lipinski definition) is 4. The second-order valence-corrected chi connectivity index (χ2v) is 6.08. The summed E-state index contributed by atoms with van der Waals surface area (Å²) in [6.45, 7) is 2.80. The molecule has 0 radical (unpaired) electrons. The molecule has 0 aliphatic carbocycles. The van der Waals surface area contributed by atoms with Gasteiger partial charge in [-0.05, 0) is 44.9 Å². The molecular weight excluding hydrogens is 236 g/mol. The van der Waals surface area contributed by atoms with Crippen molar-refractivity contribution in [1.29, 1.82) is 0 Å². The van der Waals surface area contributed by atoms with E-state index in [1.54, 1.807) is 11.3 Å². The maximum absolute atomic E-state index is 5.54. The summed E-state index contributed by atoms with van der Waals surface area (Å²) in [7, 11) is 0. The van der Waals surface area contributed by atoms with Crippen LogP contribution >= 0.6 is 22.7 Å². The first-order valence-corrected chi connectivity index (χ1v) is 7.16. The average Bonchev–Trinajstić information content (AvgIpc) is 2.85. The molecule has 4 heteroatoms. The van der Waals surface area contributed by atoms with Crippen LogP contribution in [-0.4, -0.2) is 11.5 Å². The van der Waals surface area contributed by atoms with Gasteiger partial charge in [0.25, 0.3) is 0 Å². The molecule has 0 aromatic carbocycles. The predicted octanol–water partition coefficient (Wildman–Crippen LogP) is 2.80. The average molecular weight is 252 g/mol. The Bertz CT molecular complexity index is 445. The summed E-state index contributed by atoms with van der Waals surface area (Å²) >= 11 is 3.61. The minimum absolute atomic E-state index is 0.741. The Kier molecular flexibility index (Phi) is 4.09. The maximum atomic E-state index is 5.54. The van der Waals surface area contributed by atoms with Crippen LogP contribution < -0.4 is 5.73 Å². The highest BCUT2D eigenvalue weighted by Crippen LogP contribution is 2.19. The summed E-state index contributed by atoms with van der Waals surface area (Å²) in [5.74, 6) is 0. The molecule has 0 saturated carbocycles. The molecule has 86 valence electrons. The molecule has 16 heavy (non-hydrogen) atoms. The van der Waals surface area contributed by atoms with Crippen LogP contribution in [0.15, 0.2) is 17.5 Å². The number of nitrogens with two attached hydrogens (primary N) is 1. The zero-order chi connectivity index (χ0) is 11.4. The van der Waals surface area contributed by atoms with E-state index in [2.05, 4.69) is 29.4 Å². The molecule has 2 heterocycles. The van der Waals surface area contributed by atoms with Gasteiger partial charge in [-0.25, -0.2) is 4.98 Å². The Morgan fingerprint density at radius 1 is 1.19 bits per heavy atom. The number of hydrogen-bond donors (Lipinski definition) is 1. The third kappa shape index (κ3) is 3.14. The van der Waals surface area contributed by atoms with E-state index >= 15 is 0 Å². The summed E-state index contributed by atoms with van der Waals surface area (Å²) in [5, 5.41) is 3.31. The van der Waals surface area contributed by atoms with Crippen molar-refractivity contribution in [2.24, 2.45) is 5.73 Å². The summed E-state index contributed by atoms with van der Waals surface area (Å²) in [5.41, 5.74) is 6.75. The van der Waals surface area contributed by atoms with E-state index in [9.17, 15) is 0 Å². The van der Waals surface area contributed by atoms with Crippen LogP contribution in [0, 0.1) is 6.92 Å². The van der Waals surface area contributed by atoms with Crippen molar-refractivity contribution in [3.8, 4) is 0 Å². The highest BCUT2D eigenvalue weighted by atomic mass is 32.1. The van der Waals surface area contributed by atoms with Gasteiger partial charge in [0.15, 0.2) is 0 Å². The topological polar surface area (TPSA) is 38.9 Å². The van der Waals surface area contributed by atoms with Crippen LogP contribution in [0.1, 0.15) is 20.5 Å². The lowest BCUT2D eigenvalue weighted by Crippen LogP contribution is -2.00. The van der Waals surface area contributed by atoms with Crippen molar-refractivity contribution in [1.82, 2.24) is 4.98 Å². The number of thiazole rings is 1. The Hall–Kier alpha value is -0.710. The fourth-order valence-electron chi connectivity index (χ4n) is 1.61. The third-order valence-corrected chi connectivity index (χ3v) is 4.43. The Morgan fingerprint density at radius 3 is 2.56 bits per heavy atom. The standard InChI is InChI=1S/C12H16N2S2/c1-9-14-10(8-15-9)2-3-11-4-5-12(16-11)6-7-13/h4-5,8H,2-3,6-7,13H2,1H3. The normalized spacial score (nSPS) is 10.9. The number of thiophene rings is 1. The van der Waals surface area contributed by atoms with Crippen LogP contribution in [0.25, 0.3) is 0 Å². The molecule has 2 aromatic heterocycles. The first-order valence-electron chi connectivity index (χ1n) is 5.46. The summed E-state index contributed by atoms with van der Waals surface area (Å²) < 4.78 is 0. The van der Waals surface area contributed by atoms with Gasteiger partial charge in [-0.2, -0.15) is 0 Å². The lowest BCUT2D eigenvalue weighted by molar-refractivity contribution is 0.935. The monoisotopic (exact) mass is 252 g/mol. The molecular formula is C12H16N2S2. The highest BCUT2D eigenvalue weighted by Gasteiger charge is 2.02. The first-order chi connectivity index (χ1) is 7.78. The third-order valence-electron chi connectivity index (χ3n) is 2.40. The molecule has 2 aromatic rings. The predicted molar refractivity (Wildman–Crippen MR) is 71.3 cm³/mol. The summed E-state index contributed by atoms with van der Waals surface area (Å²) in [4.78, 5) is 7.31. The number of aryl methyl sites for hydroxylation is 3. The van der Waals surface area contributed by atoms with Gasteiger partial charge in [0.1, 0.15) is 0 Å². The quantitative estimate of drug-likeness (QED) is 0.888. The Labute approximate surface area is 104 Å². The van der Waals surface area contributed by atoms with Crippen LogP contribution in [0.2, 0.25) is 0 Å². The Balaban J connectivity index is 1.89. The molecule has 0 unspecified atom stereocenters. The van der Waals surface area contributed by atoms with E-state index in [4.69, 9.17) is 5.73 Å². The zero-order valence-electron chi connectivity index (χ0n) is 9.40. The van der Waals surface area contributed by atoms with Crippen molar-refractivity contribution in [3.63, 3.8) is 0 Å². The molecule has 0 aliphatic rings. The SMILES string of the molecule is Cc1nc(CCc2ccc(CCN)s2)cs1. The van der Waals surface area contributed by atoms with E-state index in [1.807, 2.05) is 11.3 Å². The summed E-state index contributed by atoms with van der Waals surface area (Å²) in [6.07, 6.45) is 3.14. The van der Waals surface area contributed by atoms with Gasteiger partial charge >= 0.3 is 0 Å².